The highest BCUT2D eigenvalue weighted by Gasteiger charge is 2.33. The predicted octanol–water partition coefficient (Wildman–Crippen LogP) is 5.19. The van der Waals surface area contributed by atoms with Gasteiger partial charge in [-0.2, -0.15) is 0 Å². The molecule has 0 aliphatic carbocycles. The summed E-state index contributed by atoms with van der Waals surface area (Å²) < 4.78 is 5.36. The van der Waals surface area contributed by atoms with Crippen molar-refractivity contribution >= 4 is 23.2 Å². The van der Waals surface area contributed by atoms with Crippen molar-refractivity contribution in [2.24, 2.45) is 0 Å². The SMILES string of the molecule is COc1ccc(C[P](c2ccccc2)(c2ccccc2)c2ccccc2)cc1. The monoisotopic (exact) mass is 383 g/mol. The van der Waals surface area contributed by atoms with E-state index in [4.69, 9.17) is 4.74 Å². The molecular weight excluding hydrogens is 359 g/mol. The molecule has 4 aromatic carbocycles. The highest BCUT2D eigenvalue weighted by atomic mass is 31.2. The van der Waals surface area contributed by atoms with E-state index in [1.165, 1.54) is 21.5 Å². The maximum Gasteiger partial charge on any atom is 0.118 e. The lowest BCUT2D eigenvalue weighted by atomic mass is 10.2. The molecule has 2 heteroatoms. The van der Waals surface area contributed by atoms with E-state index in [1.807, 2.05) is 0 Å². The third kappa shape index (κ3) is 3.59. The van der Waals surface area contributed by atoms with Gasteiger partial charge in [0, 0.05) is 6.16 Å². The van der Waals surface area contributed by atoms with E-state index in [0.717, 1.165) is 11.9 Å². The highest BCUT2D eigenvalue weighted by Crippen LogP contribution is 2.58. The van der Waals surface area contributed by atoms with Gasteiger partial charge in [-0.25, -0.2) is 0 Å². The predicted molar refractivity (Wildman–Crippen MR) is 122 cm³/mol. The zero-order chi connectivity index (χ0) is 19.2. The second kappa shape index (κ2) is 8.42. The fourth-order valence-corrected chi connectivity index (χ4v) is 8.02. The molecule has 28 heavy (non-hydrogen) atoms. The lowest BCUT2D eigenvalue weighted by molar-refractivity contribution is 0.414. The lowest BCUT2D eigenvalue weighted by Crippen LogP contribution is -2.32. The summed E-state index contributed by atoms with van der Waals surface area (Å²) >= 11 is 0. The first kappa shape index (κ1) is 18.5. The van der Waals surface area contributed by atoms with Gasteiger partial charge in [-0.15, -0.1) is 0 Å². The molecule has 0 aromatic heterocycles. The van der Waals surface area contributed by atoms with Crippen molar-refractivity contribution < 1.29 is 4.74 Å². The lowest BCUT2D eigenvalue weighted by Gasteiger charge is -2.38. The quantitative estimate of drug-likeness (QED) is 0.417. The van der Waals surface area contributed by atoms with Crippen LogP contribution in [0.2, 0.25) is 0 Å². The standard InChI is InChI=1S/C26H24OP/c1-27-23-19-17-22(18-20-23)21-28(24-11-5-2-6-12-24,25-13-7-3-8-14-25)26-15-9-4-10-16-26/h2-20H,21H2,1H3. The molecule has 0 aliphatic rings. The summed E-state index contributed by atoms with van der Waals surface area (Å²) in [7, 11) is -0.127. The second-order valence-corrected chi connectivity index (χ2v) is 10.3. The van der Waals surface area contributed by atoms with Crippen molar-refractivity contribution in [2.75, 3.05) is 7.11 Å². The van der Waals surface area contributed by atoms with Crippen LogP contribution in [0.15, 0.2) is 115 Å². The Kier molecular flexibility index (Phi) is 5.55. The van der Waals surface area contributed by atoms with Crippen LogP contribution in [0, 0.1) is 0 Å². The molecule has 0 saturated carbocycles. The summed E-state index contributed by atoms with van der Waals surface area (Å²) in [6.07, 6.45) is 0.981. The van der Waals surface area contributed by atoms with Gasteiger partial charge in [-0.1, -0.05) is 103 Å². The molecule has 0 aliphatic heterocycles. The minimum atomic E-state index is -1.84. The largest absolute Gasteiger partial charge is 0.497 e. The topological polar surface area (TPSA) is 9.23 Å². The number of rotatable bonds is 6. The van der Waals surface area contributed by atoms with Crippen LogP contribution in [0.1, 0.15) is 5.56 Å². The summed E-state index contributed by atoms with van der Waals surface area (Å²) in [5, 5.41) is 4.22. The molecule has 1 nitrogen and oxygen atoms in total. The van der Waals surface area contributed by atoms with Crippen LogP contribution < -0.4 is 20.7 Å². The molecule has 139 valence electrons. The van der Waals surface area contributed by atoms with Gasteiger partial charge >= 0.3 is 0 Å². The number of benzene rings is 4. The fraction of sp³-hybridized carbons (Fsp3) is 0.0769. The molecule has 0 fully saturated rings. The zero-order valence-electron chi connectivity index (χ0n) is 16.0. The van der Waals surface area contributed by atoms with Crippen LogP contribution in [0.4, 0.5) is 0 Å². The highest BCUT2D eigenvalue weighted by molar-refractivity contribution is 7.95. The molecule has 1 radical (unpaired) electrons. The van der Waals surface area contributed by atoms with E-state index >= 15 is 0 Å². The Hall–Kier alpha value is -2.89. The van der Waals surface area contributed by atoms with Crippen LogP contribution in [0.25, 0.3) is 0 Å². The smallest absolute Gasteiger partial charge is 0.118 e. The summed E-state index contributed by atoms with van der Waals surface area (Å²) in [6, 6.07) is 41.5. The first-order valence-corrected chi connectivity index (χ1v) is 11.5. The van der Waals surface area contributed by atoms with Crippen molar-refractivity contribution in [1.29, 1.82) is 0 Å². The van der Waals surface area contributed by atoms with Crippen molar-refractivity contribution in [3.63, 3.8) is 0 Å². The van der Waals surface area contributed by atoms with E-state index in [9.17, 15) is 0 Å². The second-order valence-electron chi connectivity index (χ2n) is 6.82. The van der Waals surface area contributed by atoms with Gasteiger partial charge in [0.25, 0.3) is 0 Å². The Bertz CT molecular complexity index is 900. The van der Waals surface area contributed by atoms with Gasteiger partial charge < -0.3 is 4.74 Å². The average Bonchev–Trinajstić information content (AvgIpc) is 2.80. The molecule has 0 heterocycles. The zero-order valence-corrected chi connectivity index (χ0v) is 16.9. The van der Waals surface area contributed by atoms with Crippen LogP contribution >= 0.6 is 7.26 Å². The maximum atomic E-state index is 5.36. The summed E-state index contributed by atoms with van der Waals surface area (Å²) in [5.74, 6) is 0.895. The molecule has 4 rings (SSSR count). The molecule has 4 aromatic rings. The molecule has 0 bridgehead atoms. The van der Waals surface area contributed by atoms with Crippen molar-refractivity contribution in [2.45, 2.75) is 6.16 Å². The molecule has 0 spiro atoms. The van der Waals surface area contributed by atoms with Gasteiger partial charge in [-0.05, 0) is 40.9 Å². The molecular formula is C26H24OP. The van der Waals surface area contributed by atoms with Gasteiger partial charge in [0.15, 0.2) is 0 Å². The molecule has 0 amide bonds. The summed E-state index contributed by atoms with van der Waals surface area (Å²) in [4.78, 5) is 0. The molecule has 0 N–H and O–H groups in total. The molecule has 0 saturated heterocycles. The number of hydrogen-bond donors (Lipinski definition) is 0. The van der Waals surface area contributed by atoms with Crippen LogP contribution in [0.5, 0.6) is 5.75 Å². The summed E-state index contributed by atoms with van der Waals surface area (Å²) in [5.41, 5.74) is 1.32. The molecule has 0 unspecified atom stereocenters. The minimum absolute atomic E-state index is 0.895. The van der Waals surface area contributed by atoms with Crippen molar-refractivity contribution in [1.82, 2.24) is 0 Å². The Morgan fingerprint density at radius 1 is 0.536 bits per heavy atom. The maximum absolute atomic E-state index is 5.36. The van der Waals surface area contributed by atoms with E-state index in [2.05, 4.69) is 115 Å². The molecule has 0 atom stereocenters. The van der Waals surface area contributed by atoms with Crippen molar-refractivity contribution in [3.05, 3.63) is 121 Å². The third-order valence-electron chi connectivity index (χ3n) is 5.17. The van der Waals surface area contributed by atoms with E-state index < -0.39 is 7.26 Å². The Labute approximate surface area is 168 Å². The Morgan fingerprint density at radius 2 is 0.929 bits per heavy atom. The van der Waals surface area contributed by atoms with Gasteiger partial charge in [0.2, 0.25) is 0 Å². The van der Waals surface area contributed by atoms with E-state index in [1.54, 1.807) is 7.11 Å². The van der Waals surface area contributed by atoms with E-state index in [-0.39, 0.29) is 0 Å². The van der Waals surface area contributed by atoms with Gasteiger partial charge in [-0.3, -0.25) is 0 Å². The number of hydrogen-bond acceptors (Lipinski definition) is 1. The minimum Gasteiger partial charge on any atom is -0.497 e. The first-order valence-electron chi connectivity index (χ1n) is 9.51. The number of ether oxygens (including phenoxy) is 1. The fourth-order valence-electron chi connectivity index (χ4n) is 3.77. The average molecular weight is 383 g/mol. The Balaban J connectivity index is 1.95. The first-order chi connectivity index (χ1) is 13.8. The normalized spacial score (nSPS) is 11.2. The van der Waals surface area contributed by atoms with Crippen molar-refractivity contribution in [3.8, 4) is 5.75 Å². The van der Waals surface area contributed by atoms with Crippen LogP contribution in [-0.2, 0) is 6.16 Å². The van der Waals surface area contributed by atoms with Crippen LogP contribution in [-0.4, -0.2) is 7.11 Å². The van der Waals surface area contributed by atoms with Gasteiger partial charge in [0.1, 0.15) is 5.75 Å². The van der Waals surface area contributed by atoms with Crippen LogP contribution in [0.3, 0.4) is 0 Å². The van der Waals surface area contributed by atoms with Gasteiger partial charge in [0.05, 0.1) is 7.11 Å². The summed E-state index contributed by atoms with van der Waals surface area (Å²) in [6.45, 7) is 0. The number of methoxy groups -OCH3 is 1. The van der Waals surface area contributed by atoms with E-state index in [0.29, 0.717) is 0 Å². The Morgan fingerprint density at radius 3 is 1.29 bits per heavy atom. The third-order valence-corrected chi connectivity index (χ3v) is 9.55.